The lowest BCUT2D eigenvalue weighted by Crippen LogP contribution is -2.29. The molecule has 0 unspecified atom stereocenters. The molecule has 0 bridgehead atoms. The zero-order valence-corrected chi connectivity index (χ0v) is 11.1. The number of nitrogen functional groups attached to an aromatic ring is 1. The molecule has 0 aliphatic heterocycles. The van der Waals surface area contributed by atoms with Crippen molar-refractivity contribution in [2.75, 3.05) is 19.3 Å². The molecule has 0 amide bonds. The standard InChI is InChI=1S/C11H19N3O2S/c1-3-4-5-9-14(2)17(15,16)11-10(12)7-6-8-13-11/h6-8H,3-5,9,12H2,1-2H3. The molecular formula is C11H19N3O2S. The van der Waals surface area contributed by atoms with Crippen LogP contribution in [0.25, 0.3) is 0 Å². The van der Waals surface area contributed by atoms with E-state index in [9.17, 15) is 8.42 Å². The highest BCUT2D eigenvalue weighted by molar-refractivity contribution is 7.89. The van der Waals surface area contributed by atoms with E-state index in [4.69, 9.17) is 5.73 Å². The minimum Gasteiger partial charge on any atom is -0.396 e. The summed E-state index contributed by atoms with van der Waals surface area (Å²) in [5, 5.41) is -0.0565. The number of pyridine rings is 1. The molecule has 0 aromatic carbocycles. The van der Waals surface area contributed by atoms with Crippen LogP contribution in [0.4, 0.5) is 5.69 Å². The van der Waals surface area contributed by atoms with Crippen LogP contribution >= 0.6 is 0 Å². The molecule has 96 valence electrons. The second-order valence-corrected chi connectivity index (χ2v) is 5.89. The summed E-state index contributed by atoms with van der Waals surface area (Å²) in [4.78, 5) is 3.84. The van der Waals surface area contributed by atoms with Crippen molar-refractivity contribution >= 4 is 15.7 Å². The van der Waals surface area contributed by atoms with Crippen molar-refractivity contribution in [2.45, 2.75) is 31.2 Å². The first-order valence-electron chi connectivity index (χ1n) is 5.67. The molecule has 0 fully saturated rings. The summed E-state index contributed by atoms with van der Waals surface area (Å²) in [5.41, 5.74) is 5.82. The lowest BCUT2D eigenvalue weighted by Gasteiger charge is -2.17. The zero-order valence-electron chi connectivity index (χ0n) is 10.3. The number of sulfonamides is 1. The van der Waals surface area contributed by atoms with Gasteiger partial charge in [-0.25, -0.2) is 13.4 Å². The van der Waals surface area contributed by atoms with Crippen molar-refractivity contribution in [2.24, 2.45) is 0 Å². The SMILES string of the molecule is CCCCCN(C)S(=O)(=O)c1ncccc1N. The lowest BCUT2D eigenvalue weighted by atomic mass is 10.2. The Morgan fingerprint density at radius 1 is 1.41 bits per heavy atom. The molecule has 2 N–H and O–H groups in total. The molecule has 0 saturated carbocycles. The molecule has 5 nitrogen and oxygen atoms in total. The maximum absolute atomic E-state index is 12.1. The summed E-state index contributed by atoms with van der Waals surface area (Å²) in [7, 11) is -2.00. The van der Waals surface area contributed by atoms with E-state index in [-0.39, 0.29) is 10.7 Å². The van der Waals surface area contributed by atoms with Gasteiger partial charge in [-0.05, 0) is 18.6 Å². The highest BCUT2D eigenvalue weighted by atomic mass is 32.2. The third-order valence-electron chi connectivity index (χ3n) is 2.53. The van der Waals surface area contributed by atoms with E-state index >= 15 is 0 Å². The van der Waals surface area contributed by atoms with Crippen LogP contribution in [-0.4, -0.2) is 31.3 Å². The quantitative estimate of drug-likeness (QED) is 0.783. The third kappa shape index (κ3) is 3.41. The van der Waals surface area contributed by atoms with Gasteiger partial charge in [0.1, 0.15) is 0 Å². The predicted molar refractivity (Wildman–Crippen MR) is 68.0 cm³/mol. The van der Waals surface area contributed by atoms with Gasteiger partial charge in [0.05, 0.1) is 5.69 Å². The molecule has 1 rings (SSSR count). The highest BCUT2D eigenvalue weighted by Crippen LogP contribution is 2.18. The maximum Gasteiger partial charge on any atom is 0.262 e. The van der Waals surface area contributed by atoms with E-state index in [1.54, 1.807) is 19.2 Å². The van der Waals surface area contributed by atoms with Crippen LogP contribution < -0.4 is 5.73 Å². The van der Waals surface area contributed by atoms with Gasteiger partial charge < -0.3 is 5.73 Å². The Hall–Kier alpha value is -1.14. The van der Waals surface area contributed by atoms with E-state index in [1.165, 1.54) is 10.5 Å². The van der Waals surface area contributed by atoms with Gasteiger partial charge in [-0.3, -0.25) is 0 Å². The number of aromatic nitrogens is 1. The van der Waals surface area contributed by atoms with Crippen molar-refractivity contribution in [3.05, 3.63) is 18.3 Å². The van der Waals surface area contributed by atoms with Gasteiger partial charge in [0.2, 0.25) is 0 Å². The number of rotatable bonds is 6. The van der Waals surface area contributed by atoms with Crippen molar-refractivity contribution in [1.29, 1.82) is 0 Å². The monoisotopic (exact) mass is 257 g/mol. The van der Waals surface area contributed by atoms with E-state index in [0.717, 1.165) is 19.3 Å². The number of hydrogen-bond donors (Lipinski definition) is 1. The minimum atomic E-state index is -3.55. The van der Waals surface area contributed by atoms with Crippen LogP contribution in [0.1, 0.15) is 26.2 Å². The summed E-state index contributed by atoms with van der Waals surface area (Å²) >= 11 is 0. The Bertz CT molecular complexity index is 460. The smallest absolute Gasteiger partial charge is 0.262 e. The predicted octanol–water partition coefficient (Wildman–Crippen LogP) is 1.47. The molecule has 0 aliphatic carbocycles. The average molecular weight is 257 g/mol. The van der Waals surface area contributed by atoms with Gasteiger partial charge in [-0.15, -0.1) is 0 Å². The van der Waals surface area contributed by atoms with Gasteiger partial charge in [0.15, 0.2) is 5.03 Å². The highest BCUT2D eigenvalue weighted by Gasteiger charge is 2.23. The molecule has 1 aromatic heterocycles. The van der Waals surface area contributed by atoms with E-state index in [2.05, 4.69) is 11.9 Å². The first kappa shape index (κ1) is 13.9. The van der Waals surface area contributed by atoms with Crippen LogP contribution in [-0.2, 0) is 10.0 Å². The Morgan fingerprint density at radius 3 is 2.71 bits per heavy atom. The molecular weight excluding hydrogens is 238 g/mol. The summed E-state index contributed by atoms with van der Waals surface area (Å²) in [6.45, 7) is 2.57. The Morgan fingerprint density at radius 2 is 2.12 bits per heavy atom. The fourth-order valence-corrected chi connectivity index (χ4v) is 2.70. The fraction of sp³-hybridized carbons (Fsp3) is 0.545. The second kappa shape index (κ2) is 5.97. The van der Waals surface area contributed by atoms with Gasteiger partial charge >= 0.3 is 0 Å². The van der Waals surface area contributed by atoms with E-state index in [1.807, 2.05) is 0 Å². The Balaban J connectivity index is 2.85. The maximum atomic E-state index is 12.1. The normalized spacial score (nSPS) is 11.9. The third-order valence-corrected chi connectivity index (χ3v) is 4.36. The molecule has 17 heavy (non-hydrogen) atoms. The lowest BCUT2D eigenvalue weighted by molar-refractivity contribution is 0.452. The zero-order chi connectivity index (χ0) is 12.9. The molecule has 1 aromatic rings. The van der Waals surface area contributed by atoms with Crippen LogP contribution in [0, 0.1) is 0 Å². The Kier molecular flexibility index (Phi) is 4.89. The number of anilines is 1. The largest absolute Gasteiger partial charge is 0.396 e. The summed E-state index contributed by atoms with van der Waals surface area (Å²) in [6, 6.07) is 3.16. The van der Waals surface area contributed by atoms with Gasteiger partial charge in [-0.2, -0.15) is 4.31 Å². The average Bonchev–Trinajstić information content (AvgIpc) is 2.29. The summed E-state index contributed by atoms with van der Waals surface area (Å²) in [5.74, 6) is 0. The van der Waals surface area contributed by atoms with Crippen molar-refractivity contribution < 1.29 is 8.42 Å². The van der Waals surface area contributed by atoms with Crippen LogP contribution in [0.2, 0.25) is 0 Å². The first-order chi connectivity index (χ1) is 8.00. The molecule has 1 heterocycles. The molecule has 0 aliphatic rings. The topological polar surface area (TPSA) is 76.3 Å². The van der Waals surface area contributed by atoms with Crippen LogP contribution in [0.5, 0.6) is 0 Å². The van der Waals surface area contributed by atoms with Crippen LogP contribution in [0.15, 0.2) is 23.4 Å². The molecule has 0 radical (unpaired) electrons. The number of hydrogen-bond acceptors (Lipinski definition) is 4. The molecule has 0 spiro atoms. The van der Waals surface area contributed by atoms with Gasteiger partial charge in [-0.1, -0.05) is 19.8 Å². The summed E-state index contributed by atoms with van der Waals surface area (Å²) in [6.07, 6.45) is 4.35. The van der Waals surface area contributed by atoms with Crippen LogP contribution in [0.3, 0.4) is 0 Å². The van der Waals surface area contributed by atoms with Crippen molar-refractivity contribution in [1.82, 2.24) is 9.29 Å². The molecule has 0 saturated heterocycles. The van der Waals surface area contributed by atoms with Gasteiger partial charge in [0, 0.05) is 19.8 Å². The second-order valence-electron chi connectivity index (χ2n) is 3.93. The van der Waals surface area contributed by atoms with E-state index in [0.29, 0.717) is 6.54 Å². The first-order valence-corrected chi connectivity index (χ1v) is 7.11. The number of nitrogens with two attached hydrogens (primary N) is 1. The summed E-state index contributed by atoms with van der Waals surface area (Å²) < 4.78 is 25.6. The van der Waals surface area contributed by atoms with Gasteiger partial charge in [0.25, 0.3) is 10.0 Å². The van der Waals surface area contributed by atoms with E-state index < -0.39 is 10.0 Å². The van der Waals surface area contributed by atoms with Crippen molar-refractivity contribution in [3.8, 4) is 0 Å². The Labute approximate surface area is 103 Å². The number of unbranched alkanes of at least 4 members (excludes halogenated alkanes) is 2. The molecule has 6 heteroatoms. The van der Waals surface area contributed by atoms with Crippen molar-refractivity contribution in [3.63, 3.8) is 0 Å². The number of nitrogens with zero attached hydrogens (tertiary/aromatic N) is 2. The fourth-order valence-electron chi connectivity index (χ4n) is 1.47. The molecule has 0 atom stereocenters. The minimum absolute atomic E-state index is 0.0565.